The van der Waals surface area contributed by atoms with Gasteiger partial charge in [-0.2, -0.15) is 5.26 Å². The minimum Gasteiger partial charge on any atom is -0.235 e. The van der Waals surface area contributed by atoms with Gasteiger partial charge in [0, 0.05) is 16.0 Å². The summed E-state index contributed by atoms with van der Waals surface area (Å²) in [5.41, 5.74) is 1.74. The summed E-state index contributed by atoms with van der Waals surface area (Å²) in [4.78, 5) is 5.48. The molecule has 0 unspecified atom stereocenters. The van der Waals surface area contributed by atoms with Crippen LogP contribution in [0.5, 0.6) is 0 Å². The van der Waals surface area contributed by atoms with Crippen LogP contribution in [0.4, 0.5) is 0 Å². The van der Waals surface area contributed by atoms with E-state index in [0.29, 0.717) is 5.56 Å². The summed E-state index contributed by atoms with van der Waals surface area (Å²) < 4.78 is 1.04. The molecule has 0 aliphatic heterocycles. The normalized spacial score (nSPS) is 9.87. The summed E-state index contributed by atoms with van der Waals surface area (Å²) in [6.45, 7) is 1.99. The highest BCUT2D eigenvalue weighted by atomic mass is 32.2. The molecule has 0 bridgehead atoms. The number of hydrogen-bond acceptors (Lipinski definition) is 4. The highest BCUT2D eigenvalue weighted by molar-refractivity contribution is 8.01. The van der Waals surface area contributed by atoms with Crippen molar-refractivity contribution in [1.29, 1.82) is 5.26 Å². The molecular formula is C11H8N2S2. The van der Waals surface area contributed by atoms with Crippen LogP contribution in [0.15, 0.2) is 38.9 Å². The number of aromatic nitrogens is 1. The first-order valence-corrected chi connectivity index (χ1v) is 6.08. The molecule has 1 heterocycles. The Labute approximate surface area is 96.6 Å². The molecule has 0 spiro atoms. The molecule has 0 radical (unpaired) electrons. The lowest BCUT2D eigenvalue weighted by molar-refractivity contribution is 1.16. The molecular weight excluding hydrogens is 224 g/mol. The molecule has 4 heteroatoms. The Morgan fingerprint density at radius 2 is 2.07 bits per heavy atom. The molecule has 0 saturated heterocycles. The summed E-state index contributed by atoms with van der Waals surface area (Å²) in [5.74, 6) is 0. The number of hydrogen-bond donors (Lipinski definition) is 0. The molecule has 15 heavy (non-hydrogen) atoms. The maximum absolute atomic E-state index is 8.65. The fourth-order valence-electron chi connectivity index (χ4n) is 1.08. The van der Waals surface area contributed by atoms with E-state index in [-0.39, 0.29) is 0 Å². The predicted molar refractivity (Wildman–Crippen MR) is 62.1 cm³/mol. The Balaban J connectivity index is 2.15. The third kappa shape index (κ3) is 2.58. The van der Waals surface area contributed by atoms with Crippen molar-refractivity contribution >= 4 is 23.1 Å². The third-order valence-corrected chi connectivity index (χ3v) is 3.85. The van der Waals surface area contributed by atoms with Gasteiger partial charge in [0.05, 0.1) is 11.6 Å². The van der Waals surface area contributed by atoms with Crippen LogP contribution in [0.2, 0.25) is 0 Å². The van der Waals surface area contributed by atoms with Crippen molar-refractivity contribution in [2.45, 2.75) is 16.2 Å². The Hall–Kier alpha value is -1.31. The maximum atomic E-state index is 8.65. The summed E-state index contributed by atoms with van der Waals surface area (Å²) >= 11 is 3.27. The number of thiazole rings is 1. The fourth-order valence-corrected chi connectivity index (χ4v) is 2.89. The number of rotatable bonds is 2. The molecule has 74 valence electrons. The summed E-state index contributed by atoms with van der Waals surface area (Å²) in [5, 5.41) is 10.7. The lowest BCUT2D eigenvalue weighted by Crippen LogP contribution is -1.75. The van der Waals surface area contributed by atoms with E-state index < -0.39 is 0 Å². The van der Waals surface area contributed by atoms with Crippen LogP contribution in [-0.4, -0.2) is 4.98 Å². The van der Waals surface area contributed by atoms with E-state index in [4.69, 9.17) is 5.26 Å². The zero-order chi connectivity index (χ0) is 10.7. The first-order chi connectivity index (χ1) is 7.28. The largest absolute Gasteiger partial charge is 0.235 e. The molecule has 0 saturated carbocycles. The Morgan fingerprint density at radius 1 is 1.33 bits per heavy atom. The molecule has 2 aromatic rings. The van der Waals surface area contributed by atoms with Crippen molar-refractivity contribution in [2.75, 3.05) is 0 Å². The quantitative estimate of drug-likeness (QED) is 0.795. The predicted octanol–water partition coefficient (Wildman–Crippen LogP) is 3.47. The topological polar surface area (TPSA) is 36.7 Å². The van der Waals surface area contributed by atoms with Crippen LogP contribution in [0, 0.1) is 18.3 Å². The Bertz CT molecular complexity index is 494. The second-order valence-electron chi connectivity index (χ2n) is 2.99. The SMILES string of the molecule is Cc1csc(Sc2ccc(C#N)cc2)n1. The van der Waals surface area contributed by atoms with E-state index in [1.165, 1.54) is 0 Å². The smallest absolute Gasteiger partial charge is 0.154 e. The van der Waals surface area contributed by atoms with Gasteiger partial charge in [0.25, 0.3) is 0 Å². The van der Waals surface area contributed by atoms with Gasteiger partial charge in [-0.3, -0.25) is 0 Å². The average Bonchev–Trinajstić information content (AvgIpc) is 2.65. The molecule has 0 fully saturated rings. The standard InChI is InChI=1S/C11H8N2S2/c1-8-7-14-11(13-8)15-10-4-2-9(6-12)3-5-10/h2-5,7H,1H3. The van der Waals surface area contributed by atoms with Crippen LogP contribution in [0.25, 0.3) is 0 Å². The van der Waals surface area contributed by atoms with Gasteiger partial charge in [-0.15, -0.1) is 11.3 Å². The van der Waals surface area contributed by atoms with Crippen molar-refractivity contribution in [2.24, 2.45) is 0 Å². The number of aryl methyl sites for hydroxylation is 1. The Kier molecular flexibility index (Phi) is 3.05. The van der Waals surface area contributed by atoms with E-state index in [0.717, 1.165) is 14.9 Å². The minimum absolute atomic E-state index is 0.690. The molecule has 1 aromatic heterocycles. The molecule has 0 aliphatic carbocycles. The fraction of sp³-hybridized carbons (Fsp3) is 0.0909. The van der Waals surface area contributed by atoms with Crippen molar-refractivity contribution < 1.29 is 0 Å². The van der Waals surface area contributed by atoms with Crippen LogP contribution in [-0.2, 0) is 0 Å². The van der Waals surface area contributed by atoms with Gasteiger partial charge in [-0.05, 0) is 31.2 Å². The monoisotopic (exact) mass is 232 g/mol. The lowest BCUT2D eigenvalue weighted by Gasteiger charge is -1.96. The summed E-state index contributed by atoms with van der Waals surface area (Å²) in [6.07, 6.45) is 0. The summed E-state index contributed by atoms with van der Waals surface area (Å²) in [6, 6.07) is 9.63. The van der Waals surface area contributed by atoms with Crippen LogP contribution < -0.4 is 0 Å². The molecule has 0 amide bonds. The number of nitriles is 1. The van der Waals surface area contributed by atoms with Gasteiger partial charge in [0.15, 0.2) is 4.34 Å². The molecule has 0 aliphatic rings. The minimum atomic E-state index is 0.690. The van der Waals surface area contributed by atoms with E-state index in [2.05, 4.69) is 11.1 Å². The second kappa shape index (κ2) is 4.47. The van der Waals surface area contributed by atoms with E-state index in [1.54, 1.807) is 23.1 Å². The van der Waals surface area contributed by atoms with E-state index in [9.17, 15) is 0 Å². The van der Waals surface area contributed by atoms with Gasteiger partial charge in [0.1, 0.15) is 0 Å². The molecule has 2 nitrogen and oxygen atoms in total. The van der Waals surface area contributed by atoms with Crippen molar-refractivity contribution in [3.63, 3.8) is 0 Å². The Morgan fingerprint density at radius 3 is 2.60 bits per heavy atom. The first-order valence-electron chi connectivity index (χ1n) is 4.38. The lowest BCUT2D eigenvalue weighted by atomic mass is 10.2. The third-order valence-electron chi connectivity index (χ3n) is 1.79. The average molecular weight is 232 g/mol. The van der Waals surface area contributed by atoms with Gasteiger partial charge < -0.3 is 0 Å². The molecule has 0 N–H and O–H groups in total. The zero-order valence-electron chi connectivity index (χ0n) is 8.10. The highest BCUT2D eigenvalue weighted by Crippen LogP contribution is 2.30. The molecule has 1 aromatic carbocycles. The number of nitrogens with zero attached hydrogens (tertiary/aromatic N) is 2. The van der Waals surface area contributed by atoms with Gasteiger partial charge in [0.2, 0.25) is 0 Å². The van der Waals surface area contributed by atoms with Crippen LogP contribution in [0.3, 0.4) is 0 Å². The van der Waals surface area contributed by atoms with E-state index >= 15 is 0 Å². The molecule has 0 atom stereocenters. The van der Waals surface area contributed by atoms with Crippen molar-refractivity contribution in [3.05, 3.63) is 40.9 Å². The van der Waals surface area contributed by atoms with Crippen molar-refractivity contribution in [1.82, 2.24) is 4.98 Å². The van der Waals surface area contributed by atoms with Crippen LogP contribution in [0.1, 0.15) is 11.3 Å². The van der Waals surface area contributed by atoms with Gasteiger partial charge in [-0.25, -0.2) is 4.98 Å². The molecule has 2 rings (SSSR count). The first kappa shape index (κ1) is 10.2. The van der Waals surface area contributed by atoms with Gasteiger partial charge in [-0.1, -0.05) is 11.8 Å². The number of benzene rings is 1. The second-order valence-corrected chi connectivity index (χ2v) is 5.17. The van der Waals surface area contributed by atoms with Gasteiger partial charge >= 0.3 is 0 Å². The maximum Gasteiger partial charge on any atom is 0.154 e. The summed E-state index contributed by atoms with van der Waals surface area (Å²) in [7, 11) is 0. The van der Waals surface area contributed by atoms with Crippen LogP contribution >= 0.6 is 23.1 Å². The zero-order valence-corrected chi connectivity index (χ0v) is 9.73. The highest BCUT2D eigenvalue weighted by Gasteiger charge is 2.01. The van der Waals surface area contributed by atoms with E-state index in [1.807, 2.05) is 36.6 Å². The van der Waals surface area contributed by atoms with Crippen molar-refractivity contribution in [3.8, 4) is 6.07 Å².